The van der Waals surface area contributed by atoms with Crippen molar-refractivity contribution < 1.29 is 17.9 Å². The molecular weight excluding hydrogens is 376 g/mol. The van der Waals surface area contributed by atoms with E-state index >= 15 is 0 Å². The third-order valence-electron chi connectivity index (χ3n) is 4.82. The van der Waals surface area contributed by atoms with Crippen molar-refractivity contribution in [3.05, 3.63) is 53.6 Å². The Morgan fingerprint density at radius 1 is 0.923 bits per heavy atom. The number of hydrogen-bond donors (Lipinski definition) is 0. The van der Waals surface area contributed by atoms with Crippen molar-refractivity contribution in [2.75, 3.05) is 28.4 Å². The van der Waals surface area contributed by atoms with Gasteiger partial charge >= 0.3 is 6.03 Å². The van der Waals surface area contributed by atoms with E-state index in [4.69, 9.17) is 16.3 Å². The molecule has 2 fully saturated rings. The summed E-state index contributed by atoms with van der Waals surface area (Å²) in [5.74, 6) is 0.587. The minimum Gasteiger partial charge on any atom is -0.497 e. The van der Waals surface area contributed by atoms with E-state index in [1.54, 1.807) is 65.4 Å². The number of nitrogens with zero attached hydrogens (tertiary/aromatic N) is 2. The number of carbonyl (C=O) groups is 1. The molecule has 136 valence electrons. The second kappa shape index (κ2) is 6.17. The fourth-order valence-electron chi connectivity index (χ4n) is 3.65. The van der Waals surface area contributed by atoms with E-state index in [1.165, 1.54) is 0 Å². The molecule has 2 amide bonds. The first kappa shape index (κ1) is 17.2. The van der Waals surface area contributed by atoms with Crippen molar-refractivity contribution in [3.8, 4) is 5.75 Å². The van der Waals surface area contributed by atoms with E-state index in [-0.39, 0.29) is 17.5 Å². The first-order chi connectivity index (χ1) is 12.4. The molecule has 4 rings (SSSR count). The number of fused-ring (bicyclic) bond motifs is 1. The maximum absolute atomic E-state index is 13.2. The van der Waals surface area contributed by atoms with Crippen molar-refractivity contribution in [1.29, 1.82) is 0 Å². The molecule has 6 nitrogen and oxygen atoms in total. The average Bonchev–Trinajstić information content (AvgIpc) is 3.05. The van der Waals surface area contributed by atoms with Gasteiger partial charge in [0.1, 0.15) is 5.75 Å². The maximum Gasteiger partial charge on any atom is 0.329 e. The Kier molecular flexibility index (Phi) is 4.08. The molecule has 2 atom stereocenters. The second-order valence-corrected chi connectivity index (χ2v) is 9.00. The van der Waals surface area contributed by atoms with Crippen LogP contribution in [0.25, 0.3) is 0 Å². The molecule has 0 radical (unpaired) electrons. The first-order valence-corrected chi connectivity index (χ1v) is 10.3. The van der Waals surface area contributed by atoms with E-state index in [0.29, 0.717) is 22.1 Å². The van der Waals surface area contributed by atoms with Crippen LogP contribution in [0.2, 0.25) is 5.02 Å². The van der Waals surface area contributed by atoms with E-state index in [9.17, 15) is 13.2 Å². The molecule has 2 saturated heterocycles. The van der Waals surface area contributed by atoms with E-state index in [1.807, 2.05) is 0 Å². The van der Waals surface area contributed by atoms with Crippen LogP contribution >= 0.6 is 11.6 Å². The van der Waals surface area contributed by atoms with Crippen LogP contribution in [0.1, 0.15) is 0 Å². The van der Waals surface area contributed by atoms with Gasteiger partial charge in [-0.3, -0.25) is 9.80 Å². The van der Waals surface area contributed by atoms with Crippen LogP contribution in [-0.4, -0.2) is 45.1 Å². The summed E-state index contributed by atoms with van der Waals surface area (Å²) in [4.78, 5) is 16.3. The van der Waals surface area contributed by atoms with Crippen LogP contribution in [-0.2, 0) is 9.84 Å². The Bertz CT molecular complexity index is 944. The van der Waals surface area contributed by atoms with Crippen LogP contribution in [0.3, 0.4) is 0 Å². The van der Waals surface area contributed by atoms with Crippen molar-refractivity contribution >= 4 is 38.8 Å². The maximum atomic E-state index is 13.2. The highest BCUT2D eigenvalue weighted by atomic mass is 35.5. The van der Waals surface area contributed by atoms with Crippen molar-refractivity contribution in [2.45, 2.75) is 12.1 Å². The normalized spacial score (nSPS) is 24.0. The minimum atomic E-state index is -3.22. The van der Waals surface area contributed by atoms with Gasteiger partial charge in [0, 0.05) is 16.4 Å². The highest BCUT2D eigenvalue weighted by Gasteiger charge is 2.54. The number of rotatable bonds is 3. The average molecular weight is 393 g/mol. The zero-order valence-electron chi connectivity index (χ0n) is 14.0. The van der Waals surface area contributed by atoms with Crippen molar-refractivity contribution in [2.24, 2.45) is 0 Å². The summed E-state index contributed by atoms with van der Waals surface area (Å²) in [6.07, 6.45) is 0. The van der Waals surface area contributed by atoms with Crippen LogP contribution < -0.4 is 14.5 Å². The third-order valence-corrected chi connectivity index (χ3v) is 6.78. The molecule has 0 aromatic heterocycles. The summed E-state index contributed by atoms with van der Waals surface area (Å²) in [6, 6.07) is 12.8. The molecule has 0 spiro atoms. The van der Waals surface area contributed by atoms with Crippen LogP contribution in [0, 0.1) is 0 Å². The number of halogens is 1. The molecule has 8 heteroatoms. The Labute approximate surface area is 156 Å². The quantitative estimate of drug-likeness (QED) is 0.753. The molecule has 2 heterocycles. The molecule has 2 aliphatic rings. The second-order valence-electron chi connectivity index (χ2n) is 6.41. The number of anilines is 2. The smallest absolute Gasteiger partial charge is 0.329 e. The molecule has 0 N–H and O–H groups in total. The lowest BCUT2D eigenvalue weighted by atomic mass is 10.1. The Morgan fingerprint density at radius 2 is 1.38 bits per heavy atom. The van der Waals surface area contributed by atoms with Gasteiger partial charge in [-0.2, -0.15) is 0 Å². The van der Waals surface area contributed by atoms with Gasteiger partial charge in [0.2, 0.25) is 0 Å². The first-order valence-electron chi connectivity index (χ1n) is 8.12. The molecular formula is C18H17ClN2O4S. The SMILES string of the molecule is COc1ccc(N2C(=O)N(c3ccc(Cl)cc3)[C@H]3CS(=O)(=O)C[C@@H]32)cc1. The number of ether oxygens (including phenoxy) is 1. The molecule has 2 aromatic carbocycles. The van der Waals surface area contributed by atoms with E-state index in [0.717, 1.165) is 0 Å². The number of methoxy groups -OCH3 is 1. The number of carbonyl (C=O) groups excluding carboxylic acids is 1. The van der Waals surface area contributed by atoms with Crippen LogP contribution in [0.15, 0.2) is 48.5 Å². The molecule has 0 unspecified atom stereocenters. The monoisotopic (exact) mass is 392 g/mol. The number of benzene rings is 2. The van der Waals surface area contributed by atoms with Gasteiger partial charge in [-0.15, -0.1) is 0 Å². The van der Waals surface area contributed by atoms with E-state index < -0.39 is 21.9 Å². The topological polar surface area (TPSA) is 66.9 Å². The summed E-state index contributed by atoms with van der Waals surface area (Å²) in [7, 11) is -1.65. The summed E-state index contributed by atoms with van der Waals surface area (Å²) in [5, 5.41) is 0.558. The van der Waals surface area contributed by atoms with Crippen molar-refractivity contribution in [3.63, 3.8) is 0 Å². The Hall–Kier alpha value is -2.25. The molecule has 26 heavy (non-hydrogen) atoms. The highest BCUT2D eigenvalue weighted by Crippen LogP contribution is 2.38. The lowest BCUT2D eigenvalue weighted by Crippen LogP contribution is -2.37. The van der Waals surface area contributed by atoms with Gasteiger partial charge < -0.3 is 4.74 Å². The Balaban J connectivity index is 1.77. The standard InChI is InChI=1S/C18H17ClN2O4S/c1-25-15-8-6-14(7-9-15)21-17-11-26(23,24)10-16(17)20(18(21)22)13-4-2-12(19)3-5-13/h2-9,16-17H,10-11H2,1H3/t16-,17-/m0/s1. The van der Waals surface area contributed by atoms with Gasteiger partial charge in [-0.1, -0.05) is 11.6 Å². The predicted octanol–water partition coefficient (Wildman–Crippen LogP) is 2.96. The van der Waals surface area contributed by atoms with Gasteiger partial charge in [-0.05, 0) is 48.5 Å². The largest absolute Gasteiger partial charge is 0.497 e. The number of hydrogen-bond acceptors (Lipinski definition) is 4. The van der Waals surface area contributed by atoms with Gasteiger partial charge in [0.05, 0.1) is 30.7 Å². The molecule has 2 aromatic rings. The fourth-order valence-corrected chi connectivity index (χ4v) is 5.70. The van der Waals surface area contributed by atoms with Gasteiger partial charge in [-0.25, -0.2) is 13.2 Å². The molecule has 2 aliphatic heterocycles. The Morgan fingerprint density at radius 3 is 1.85 bits per heavy atom. The summed E-state index contributed by atoms with van der Waals surface area (Å²) in [5.41, 5.74) is 1.29. The van der Waals surface area contributed by atoms with Gasteiger partial charge in [0.25, 0.3) is 0 Å². The van der Waals surface area contributed by atoms with Crippen LogP contribution in [0.5, 0.6) is 5.75 Å². The highest BCUT2D eigenvalue weighted by molar-refractivity contribution is 7.91. The number of amides is 2. The zero-order valence-corrected chi connectivity index (χ0v) is 15.6. The summed E-state index contributed by atoms with van der Waals surface area (Å²) < 4.78 is 29.7. The minimum absolute atomic E-state index is 0.0421. The number of sulfone groups is 1. The summed E-state index contributed by atoms with van der Waals surface area (Å²) >= 11 is 5.94. The third kappa shape index (κ3) is 2.81. The number of urea groups is 1. The molecule has 0 aliphatic carbocycles. The van der Waals surface area contributed by atoms with Gasteiger partial charge in [0.15, 0.2) is 9.84 Å². The molecule has 0 saturated carbocycles. The predicted molar refractivity (Wildman–Crippen MR) is 101 cm³/mol. The zero-order chi connectivity index (χ0) is 18.5. The summed E-state index contributed by atoms with van der Waals surface area (Å²) in [6.45, 7) is 0. The lowest BCUT2D eigenvalue weighted by Gasteiger charge is -2.23. The fraction of sp³-hybridized carbons (Fsp3) is 0.278. The lowest BCUT2D eigenvalue weighted by molar-refractivity contribution is 0.255. The van der Waals surface area contributed by atoms with E-state index in [2.05, 4.69) is 0 Å². The van der Waals surface area contributed by atoms with Crippen LogP contribution in [0.4, 0.5) is 16.2 Å². The molecule has 0 bridgehead atoms. The van der Waals surface area contributed by atoms with Crippen molar-refractivity contribution in [1.82, 2.24) is 0 Å².